The van der Waals surface area contributed by atoms with Crippen molar-refractivity contribution in [1.82, 2.24) is 10.2 Å². The average Bonchev–Trinajstić information content (AvgIpc) is 2.87. The van der Waals surface area contributed by atoms with E-state index < -0.39 is 6.04 Å². The summed E-state index contributed by atoms with van der Waals surface area (Å²) in [5, 5.41) is 3.85. The van der Waals surface area contributed by atoms with Crippen LogP contribution < -0.4 is 5.32 Å². The molecular formula is C30H34Cl2N2O2. The lowest BCUT2D eigenvalue weighted by atomic mass is 9.99. The molecule has 1 atom stereocenters. The molecule has 0 saturated carbocycles. The number of carbonyl (C=O) groups excluding carboxylic acids is 2. The van der Waals surface area contributed by atoms with Crippen molar-refractivity contribution in [2.75, 3.05) is 6.54 Å². The summed E-state index contributed by atoms with van der Waals surface area (Å²) in [6, 6.07) is 22.7. The van der Waals surface area contributed by atoms with E-state index in [0.717, 1.165) is 11.1 Å². The summed E-state index contributed by atoms with van der Waals surface area (Å²) in [4.78, 5) is 28.6. The summed E-state index contributed by atoms with van der Waals surface area (Å²) in [7, 11) is 0. The topological polar surface area (TPSA) is 49.4 Å². The van der Waals surface area contributed by atoms with Crippen LogP contribution in [0.25, 0.3) is 0 Å². The first kappa shape index (κ1) is 27.8. The molecule has 2 amide bonds. The molecule has 3 aromatic carbocycles. The number of carbonyl (C=O) groups is 2. The minimum Gasteiger partial charge on any atom is -0.355 e. The van der Waals surface area contributed by atoms with Gasteiger partial charge in [-0.1, -0.05) is 97.7 Å². The number of aryl methyl sites for hydroxylation is 1. The van der Waals surface area contributed by atoms with Gasteiger partial charge in [-0.15, -0.1) is 0 Å². The number of nitrogens with zero attached hydrogens (tertiary/aromatic N) is 1. The van der Waals surface area contributed by atoms with Crippen LogP contribution in [-0.2, 0) is 29.0 Å². The van der Waals surface area contributed by atoms with Crippen molar-refractivity contribution < 1.29 is 9.59 Å². The summed E-state index contributed by atoms with van der Waals surface area (Å²) in [6.45, 7) is 6.81. The van der Waals surface area contributed by atoms with Crippen LogP contribution in [0.2, 0.25) is 10.0 Å². The molecular weight excluding hydrogens is 491 g/mol. The number of likely N-dealkylation sites (N-methyl/N-ethyl adjacent to an activating group) is 1. The third-order valence-electron chi connectivity index (χ3n) is 6.29. The average molecular weight is 526 g/mol. The van der Waals surface area contributed by atoms with E-state index in [2.05, 4.69) is 43.4 Å². The number of hydrogen-bond acceptors (Lipinski definition) is 2. The van der Waals surface area contributed by atoms with Crippen LogP contribution in [-0.4, -0.2) is 29.3 Å². The Morgan fingerprint density at radius 2 is 1.50 bits per heavy atom. The van der Waals surface area contributed by atoms with E-state index in [1.165, 1.54) is 5.56 Å². The van der Waals surface area contributed by atoms with Crippen LogP contribution >= 0.6 is 23.2 Å². The maximum atomic E-state index is 13.7. The Kier molecular flexibility index (Phi) is 10.4. The summed E-state index contributed by atoms with van der Waals surface area (Å²) in [5.41, 5.74) is 3.96. The smallest absolute Gasteiger partial charge is 0.243 e. The van der Waals surface area contributed by atoms with Crippen molar-refractivity contribution in [3.05, 3.63) is 105 Å². The number of nitrogens with one attached hydrogen (secondary N) is 1. The highest BCUT2D eigenvalue weighted by Crippen LogP contribution is 2.28. The molecule has 6 heteroatoms. The summed E-state index contributed by atoms with van der Waals surface area (Å²) in [5.74, 6) is 0.137. The van der Waals surface area contributed by atoms with Gasteiger partial charge in [0.05, 0.1) is 0 Å². The molecule has 3 rings (SSSR count). The van der Waals surface area contributed by atoms with Gasteiger partial charge >= 0.3 is 0 Å². The number of hydrogen-bond donors (Lipinski definition) is 1. The normalized spacial score (nSPS) is 11.8. The van der Waals surface area contributed by atoms with E-state index in [4.69, 9.17) is 23.2 Å². The van der Waals surface area contributed by atoms with Crippen molar-refractivity contribution in [3.8, 4) is 0 Å². The standard InChI is InChI=1S/C30H34Cl2N2O2/c1-4-33-30(36)28(19-23-9-6-5-7-10-23)34(20-25-26(31)11-8-12-27(25)32)29(35)18-15-22-13-16-24(17-14-22)21(2)3/h5-14,16-17,21,28H,4,15,18-20H2,1-3H3,(H,33,36)/t28-/m1/s1. The van der Waals surface area contributed by atoms with E-state index in [1.807, 2.05) is 37.3 Å². The maximum absolute atomic E-state index is 13.7. The summed E-state index contributed by atoms with van der Waals surface area (Å²) >= 11 is 12.9. The van der Waals surface area contributed by atoms with Crippen LogP contribution in [0.5, 0.6) is 0 Å². The lowest BCUT2D eigenvalue weighted by Crippen LogP contribution is -2.50. The van der Waals surface area contributed by atoms with Gasteiger partial charge in [0.25, 0.3) is 0 Å². The van der Waals surface area contributed by atoms with Crippen molar-refractivity contribution in [2.24, 2.45) is 0 Å². The van der Waals surface area contributed by atoms with Gasteiger partial charge in [-0.05, 0) is 48.1 Å². The van der Waals surface area contributed by atoms with Gasteiger partial charge in [0, 0.05) is 41.5 Å². The molecule has 0 aliphatic carbocycles. The van der Waals surface area contributed by atoms with Crippen LogP contribution in [0.4, 0.5) is 0 Å². The molecule has 36 heavy (non-hydrogen) atoms. The van der Waals surface area contributed by atoms with Gasteiger partial charge < -0.3 is 10.2 Å². The molecule has 0 bridgehead atoms. The highest BCUT2D eigenvalue weighted by Gasteiger charge is 2.30. The zero-order valence-electron chi connectivity index (χ0n) is 21.1. The second kappa shape index (κ2) is 13.5. The number of benzene rings is 3. The Bertz CT molecular complexity index is 1130. The highest BCUT2D eigenvalue weighted by atomic mass is 35.5. The third kappa shape index (κ3) is 7.59. The number of rotatable bonds is 11. The minimum atomic E-state index is -0.699. The Morgan fingerprint density at radius 3 is 2.08 bits per heavy atom. The molecule has 0 spiro atoms. The number of halogens is 2. The first-order valence-corrected chi connectivity index (χ1v) is 13.2. The molecule has 190 valence electrons. The first-order valence-electron chi connectivity index (χ1n) is 12.4. The summed E-state index contributed by atoms with van der Waals surface area (Å²) in [6.07, 6.45) is 1.24. The van der Waals surface area contributed by atoms with E-state index in [-0.39, 0.29) is 24.8 Å². The quantitative estimate of drug-likeness (QED) is 0.299. The lowest BCUT2D eigenvalue weighted by molar-refractivity contribution is -0.141. The molecule has 4 nitrogen and oxygen atoms in total. The molecule has 0 aromatic heterocycles. The van der Waals surface area contributed by atoms with Crippen molar-refractivity contribution in [2.45, 2.75) is 58.5 Å². The molecule has 0 heterocycles. The fourth-order valence-corrected chi connectivity index (χ4v) is 4.68. The molecule has 0 radical (unpaired) electrons. The third-order valence-corrected chi connectivity index (χ3v) is 6.99. The van der Waals surface area contributed by atoms with Crippen LogP contribution in [0, 0.1) is 0 Å². The Hall–Kier alpha value is -2.82. The van der Waals surface area contributed by atoms with E-state index in [9.17, 15) is 9.59 Å². The Balaban J connectivity index is 1.90. The molecule has 0 aliphatic heterocycles. The zero-order chi connectivity index (χ0) is 26.1. The minimum absolute atomic E-state index is 0.119. The van der Waals surface area contributed by atoms with Gasteiger partial charge in [0.2, 0.25) is 11.8 Å². The van der Waals surface area contributed by atoms with Crippen molar-refractivity contribution in [3.63, 3.8) is 0 Å². The van der Waals surface area contributed by atoms with Gasteiger partial charge in [-0.25, -0.2) is 0 Å². The predicted molar refractivity (Wildman–Crippen MR) is 148 cm³/mol. The lowest BCUT2D eigenvalue weighted by Gasteiger charge is -2.32. The van der Waals surface area contributed by atoms with E-state index >= 15 is 0 Å². The fraction of sp³-hybridized carbons (Fsp3) is 0.333. The van der Waals surface area contributed by atoms with Crippen molar-refractivity contribution in [1.29, 1.82) is 0 Å². The van der Waals surface area contributed by atoms with E-state index in [0.29, 0.717) is 40.9 Å². The number of amides is 2. The van der Waals surface area contributed by atoms with Crippen LogP contribution in [0.1, 0.15) is 55.4 Å². The first-order chi connectivity index (χ1) is 17.3. The van der Waals surface area contributed by atoms with Gasteiger partial charge in [-0.3, -0.25) is 9.59 Å². The molecule has 1 N–H and O–H groups in total. The van der Waals surface area contributed by atoms with Crippen LogP contribution in [0.15, 0.2) is 72.8 Å². The monoisotopic (exact) mass is 524 g/mol. The molecule has 3 aromatic rings. The molecule has 0 unspecified atom stereocenters. The van der Waals surface area contributed by atoms with Gasteiger partial charge in [0.15, 0.2) is 0 Å². The highest BCUT2D eigenvalue weighted by molar-refractivity contribution is 6.36. The zero-order valence-corrected chi connectivity index (χ0v) is 22.6. The Labute approximate surface area is 224 Å². The Morgan fingerprint density at radius 1 is 0.861 bits per heavy atom. The van der Waals surface area contributed by atoms with Gasteiger partial charge in [0.1, 0.15) is 6.04 Å². The summed E-state index contributed by atoms with van der Waals surface area (Å²) < 4.78 is 0. The fourth-order valence-electron chi connectivity index (χ4n) is 4.16. The van der Waals surface area contributed by atoms with E-state index in [1.54, 1.807) is 23.1 Å². The van der Waals surface area contributed by atoms with Gasteiger partial charge in [-0.2, -0.15) is 0 Å². The maximum Gasteiger partial charge on any atom is 0.243 e. The SMILES string of the molecule is CCNC(=O)[C@@H](Cc1ccccc1)N(Cc1c(Cl)cccc1Cl)C(=O)CCc1ccc(C(C)C)cc1. The second-order valence-corrected chi connectivity index (χ2v) is 10.0. The second-order valence-electron chi connectivity index (χ2n) is 9.22. The molecule has 0 fully saturated rings. The van der Waals surface area contributed by atoms with Crippen LogP contribution in [0.3, 0.4) is 0 Å². The predicted octanol–water partition coefficient (Wildman–Crippen LogP) is 6.83. The molecule has 0 aliphatic rings. The van der Waals surface area contributed by atoms with Crippen molar-refractivity contribution >= 4 is 35.0 Å². The molecule has 0 saturated heterocycles. The largest absolute Gasteiger partial charge is 0.355 e.